The van der Waals surface area contributed by atoms with Gasteiger partial charge in [-0.2, -0.15) is 4.31 Å². The summed E-state index contributed by atoms with van der Waals surface area (Å²) in [6, 6.07) is 4.19. The van der Waals surface area contributed by atoms with Gasteiger partial charge in [-0.3, -0.25) is 14.5 Å². The monoisotopic (exact) mass is 450 g/mol. The van der Waals surface area contributed by atoms with Crippen LogP contribution in [0.5, 0.6) is 0 Å². The van der Waals surface area contributed by atoms with E-state index in [-0.39, 0.29) is 16.7 Å². The summed E-state index contributed by atoms with van der Waals surface area (Å²) in [5.74, 6) is -0.424. The fourth-order valence-electron chi connectivity index (χ4n) is 4.44. The highest BCUT2D eigenvalue weighted by atomic mass is 32.2. The summed E-state index contributed by atoms with van der Waals surface area (Å²) in [6.45, 7) is 10.1. The van der Waals surface area contributed by atoms with E-state index in [9.17, 15) is 18.0 Å². The molecule has 172 valence electrons. The van der Waals surface area contributed by atoms with Gasteiger partial charge in [-0.05, 0) is 62.7 Å². The first-order valence-corrected chi connectivity index (χ1v) is 12.7. The minimum atomic E-state index is -3.54. The van der Waals surface area contributed by atoms with E-state index >= 15 is 0 Å². The predicted molar refractivity (Wildman–Crippen MR) is 121 cm³/mol. The molecule has 1 saturated heterocycles. The van der Waals surface area contributed by atoms with Gasteiger partial charge >= 0.3 is 0 Å². The molecular formula is C22H34N4O4S. The summed E-state index contributed by atoms with van der Waals surface area (Å²) in [6.07, 6.45) is 2.91. The Balaban J connectivity index is 1.71. The third-order valence-corrected chi connectivity index (χ3v) is 8.12. The second-order valence-electron chi connectivity index (χ2n) is 8.18. The SMILES string of the molecule is CCN(CC)CCCNC(=O)[C@H]1Cc2cc(S(=O)(=O)N3CCCC3)ccc2N1C(C)=O. The van der Waals surface area contributed by atoms with Crippen LogP contribution in [-0.2, 0) is 26.0 Å². The molecule has 1 aromatic carbocycles. The summed E-state index contributed by atoms with van der Waals surface area (Å²) in [5.41, 5.74) is 1.34. The number of nitrogens with zero attached hydrogens (tertiary/aromatic N) is 3. The molecule has 2 heterocycles. The third-order valence-electron chi connectivity index (χ3n) is 6.22. The standard InChI is InChI=1S/C22H34N4O4S/c1-4-24(5-2)12-8-11-23-22(28)21-16-18-15-19(9-10-20(18)26(21)17(3)27)31(29,30)25-13-6-7-14-25/h9-10,15,21H,4-8,11-14,16H2,1-3H3,(H,23,28)/t21-/m1/s1. The summed E-state index contributed by atoms with van der Waals surface area (Å²) in [4.78, 5) is 29.2. The van der Waals surface area contributed by atoms with E-state index in [0.717, 1.165) is 44.5 Å². The van der Waals surface area contributed by atoms with Crippen molar-refractivity contribution in [2.45, 2.75) is 57.4 Å². The molecule has 2 aliphatic heterocycles. The van der Waals surface area contributed by atoms with Crippen LogP contribution in [0.4, 0.5) is 5.69 Å². The lowest BCUT2D eigenvalue weighted by atomic mass is 10.1. The Bertz CT molecular complexity index is 908. The molecule has 31 heavy (non-hydrogen) atoms. The highest BCUT2D eigenvalue weighted by Gasteiger charge is 2.38. The number of rotatable bonds is 9. The van der Waals surface area contributed by atoms with Gasteiger partial charge in [-0.15, -0.1) is 0 Å². The van der Waals surface area contributed by atoms with Crippen LogP contribution < -0.4 is 10.2 Å². The number of sulfonamides is 1. The van der Waals surface area contributed by atoms with E-state index in [1.54, 1.807) is 18.2 Å². The Morgan fingerprint density at radius 1 is 1.16 bits per heavy atom. The normalized spacial score (nSPS) is 19.1. The maximum atomic E-state index is 12.9. The van der Waals surface area contributed by atoms with Crippen molar-refractivity contribution in [1.29, 1.82) is 0 Å². The number of hydrogen-bond donors (Lipinski definition) is 1. The first kappa shape index (κ1) is 23.7. The van der Waals surface area contributed by atoms with Gasteiger partial charge in [0, 0.05) is 38.7 Å². The average molecular weight is 451 g/mol. The topological polar surface area (TPSA) is 90.0 Å². The first-order chi connectivity index (χ1) is 14.8. The van der Waals surface area contributed by atoms with Crippen molar-refractivity contribution in [2.75, 3.05) is 44.2 Å². The molecule has 0 radical (unpaired) electrons. The molecule has 2 aliphatic rings. The molecule has 2 amide bonds. The number of carbonyl (C=O) groups excluding carboxylic acids is 2. The zero-order chi connectivity index (χ0) is 22.6. The second kappa shape index (κ2) is 10.1. The summed E-state index contributed by atoms with van der Waals surface area (Å²) in [5, 5.41) is 2.95. The molecule has 8 nitrogen and oxygen atoms in total. The maximum absolute atomic E-state index is 12.9. The van der Waals surface area contributed by atoms with Crippen molar-refractivity contribution in [3.8, 4) is 0 Å². The second-order valence-corrected chi connectivity index (χ2v) is 10.1. The van der Waals surface area contributed by atoms with Gasteiger partial charge in [0.15, 0.2) is 0 Å². The van der Waals surface area contributed by atoms with E-state index in [2.05, 4.69) is 24.1 Å². The number of fused-ring (bicyclic) bond motifs is 1. The third kappa shape index (κ3) is 5.10. The fraction of sp³-hybridized carbons (Fsp3) is 0.636. The zero-order valence-corrected chi connectivity index (χ0v) is 19.6. The van der Waals surface area contributed by atoms with Crippen molar-refractivity contribution in [1.82, 2.24) is 14.5 Å². The molecule has 1 N–H and O–H groups in total. The van der Waals surface area contributed by atoms with Gasteiger partial charge in [-0.25, -0.2) is 8.42 Å². The smallest absolute Gasteiger partial charge is 0.243 e. The van der Waals surface area contributed by atoms with Crippen LogP contribution in [0.25, 0.3) is 0 Å². The number of carbonyl (C=O) groups is 2. The van der Waals surface area contributed by atoms with Crippen LogP contribution in [-0.4, -0.2) is 74.7 Å². The number of hydrogen-bond acceptors (Lipinski definition) is 5. The van der Waals surface area contributed by atoms with Gasteiger partial charge in [-0.1, -0.05) is 13.8 Å². The molecule has 0 bridgehead atoms. The molecule has 0 aromatic heterocycles. The molecule has 1 fully saturated rings. The zero-order valence-electron chi connectivity index (χ0n) is 18.8. The van der Waals surface area contributed by atoms with Crippen LogP contribution in [0, 0.1) is 0 Å². The van der Waals surface area contributed by atoms with Crippen LogP contribution in [0.3, 0.4) is 0 Å². The van der Waals surface area contributed by atoms with Crippen molar-refractivity contribution >= 4 is 27.5 Å². The van der Waals surface area contributed by atoms with Gasteiger partial charge in [0.2, 0.25) is 21.8 Å². The number of nitrogens with one attached hydrogen (secondary N) is 1. The molecule has 1 aromatic rings. The molecule has 9 heteroatoms. The van der Waals surface area contributed by atoms with E-state index in [1.807, 2.05) is 0 Å². The van der Waals surface area contributed by atoms with E-state index in [1.165, 1.54) is 16.1 Å². The molecular weight excluding hydrogens is 416 g/mol. The number of anilines is 1. The van der Waals surface area contributed by atoms with Gasteiger partial charge in [0.25, 0.3) is 0 Å². The molecule has 0 unspecified atom stereocenters. The molecule has 1 atom stereocenters. The Hall–Kier alpha value is -1.97. The Morgan fingerprint density at radius 3 is 2.45 bits per heavy atom. The first-order valence-electron chi connectivity index (χ1n) is 11.2. The van der Waals surface area contributed by atoms with Crippen molar-refractivity contribution in [3.63, 3.8) is 0 Å². The Labute approximate surface area is 185 Å². The average Bonchev–Trinajstić information content (AvgIpc) is 3.41. The van der Waals surface area contributed by atoms with Crippen molar-refractivity contribution in [3.05, 3.63) is 23.8 Å². The van der Waals surface area contributed by atoms with E-state index in [0.29, 0.717) is 31.7 Å². The van der Waals surface area contributed by atoms with Gasteiger partial charge in [0.05, 0.1) is 4.90 Å². The number of benzene rings is 1. The lowest BCUT2D eigenvalue weighted by Crippen LogP contribution is -2.47. The molecule has 0 aliphatic carbocycles. The lowest BCUT2D eigenvalue weighted by molar-refractivity contribution is -0.125. The quantitative estimate of drug-likeness (QED) is 0.577. The van der Waals surface area contributed by atoms with Crippen LogP contribution >= 0.6 is 0 Å². The molecule has 0 spiro atoms. The predicted octanol–water partition coefficient (Wildman–Crippen LogP) is 1.60. The van der Waals surface area contributed by atoms with Gasteiger partial charge in [0.1, 0.15) is 6.04 Å². The Kier molecular flexibility index (Phi) is 7.72. The fourth-order valence-corrected chi connectivity index (χ4v) is 6.01. The van der Waals surface area contributed by atoms with E-state index < -0.39 is 16.1 Å². The summed E-state index contributed by atoms with van der Waals surface area (Å²) < 4.78 is 27.3. The minimum absolute atomic E-state index is 0.199. The van der Waals surface area contributed by atoms with E-state index in [4.69, 9.17) is 0 Å². The highest BCUT2D eigenvalue weighted by molar-refractivity contribution is 7.89. The maximum Gasteiger partial charge on any atom is 0.243 e. The summed E-state index contributed by atoms with van der Waals surface area (Å²) >= 11 is 0. The number of amides is 2. The van der Waals surface area contributed by atoms with Crippen molar-refractivity contribution < 1.29 is 18.0 Å². The minimum Gasteiger partial charge on any atom is -0.354 e. The van der Waals surface area contributed by atoms with Crippen LogP contribution in [0.15, 0.2) is 23.1 Å². The van der Waals surface area contributed by atoms with Crippen molar-refractivity contribution in [2.24, 2.45) is 0 Å². The lowest BCUT2D eigenvalue weighted by Gasteiger charge is -2.24. The van der Waals surface area contributed by atoms with Crippen LogP contribution in [0.2, 0.25) is 0 Å². The Morgan fingerprint density at radius 2 is 1.84 bits per heavy atom. The summed E-state index contributed by atoms with van der Waals surface area (Å²) in [7, 11) is -3.54. The van der Waals surface area contributed by atoms with Gasteiger partial charge < -0.3 is 10.2 Å². The largest absolute Gasteiger partial charge is 0.354 e. The molecule has 0 saturated carbocycles. The molecule has 3 rings (SSSR count). The van der Waals surface area contributed by atoms with Crippen LogP contribution in [0.1, 0.15) is 45.6 Å². The highest BCUT2D eigenvalue weighted by Crippen LogP contribution is 2.35.